The lowest BCUT2D eigenvalue weighted by molar-refractivity contribution is -0.131. The minimum atomic E-state index is -0.411. The number of rotatable bonds is 8. The second-order valence-corrected chi connectivity index (χ2v) is 11.5. The summed E-state index contributed by atoms with van der Waals surface area (Å²) in [6.07, 6.45) is 0. The minimum absolute atomic E-state index is 0.411. The molecule has 7 aromatic rings. The quantitative estimate of drug-likeness (QED) is 0.0776. The first-order valence-corrected chi connectivity index (χ1v) is 15.9. The molecule has 0 aliphatic carbocycles. The lowest BCUT2D eigenvalue weighted by atomic mass is 9.96. The number of aliphatic imine (C=N–C) groups is 1. The minimum Gasteiger partial charge on any atom is -0.426 e. The highest BCUT2D eigenvalue weighted by atomic mass is 16.5. The summed E-state index contributed by atoms with van der Waals surface area (Å²) < 4.78 is 5.49. The van der Waals surface area contributed by atoms with Gasteiger partial charge in [-0.2, -0.15) is 0 Å². The second kappa shape index (κ2) is 13.6. The Morgan fingerprint density at radius 3 is 1.82 bits per heavy atom. The molecule has 7 rings (SSSR count). The van der Waals surface area contributed by atoms with Gasteiger partial charge in [0.05, 0.1) is 39.5 Å². The van der Waals surface area contributed by atoms with Gasteiger partial charge in [-0.25, -0.2) is 15.0 Å². The molecule has 49 heavy (non-hydrogen) atoms. The zero-order valence-corrected chi connectivity index (χ0v) is 26.9. The predicted molar refractivity (Wildman–Crippen MR) is 200 cm³/mol. The fourth-order valence-corrected chi connectivity index (χ4v) is 5.77. The molecule has 0 amide bonds. The van der Waals surface area contributed by atoms with E-state index in [-0.39, 0.29) is 0 Å². The Morgan fingerprint density at radius 2 is 1.18 bits per heavy atom. The molecule has 1 aromatic heterocycles. The lowest BCUT2D eigenvalue weighted by Crippen LogP contribution is -2.08. The van der Waals surface area contributed by atoms with Crippen LogP contribution in [0.25, 0.3) is 50.2 Å². The van der Waals surface area contributed by atoms with Gasteiger partial charge in [-0.15, -0.1) is 0 Å². The van der Waals surface area contributed by atoms with Gasteiger partial charge >= 0.3 is 5.97 Å². The number of nitrogens with two attached hydrogens (primary N) is 1. The first kappa shape index (κ1) is 31.0. The van der Waals surface area contributed by atoms with Crippen LogP contribution < -0.4 is 10.5 Å². The van der Waals surface area contributed by atoms with Crippen molar-refractivity contribution in [2.75, 3.05) is 5.73 Å². The number of hydrogen-bond acceptors (Lipinski definition) is 6. The van der Waals surface area contributed by atoms with Crippen molar-refractivity contribution in [1.29, 1.82) is 0 Å². The monoisotopic (exact) mass is 636 g/mol. The number of nitrogens with zero attached hydrogens (tertiary/aromatic N) is 3. The largest absolute Gasteiger partial charge is 0.426 e. The average molecular weight is 637 g/mol. The fourth-order valence-electron chi connectivity index (χ4n) is 5.77. The maximum absolute atomic E-state index is 11.8. The van der Waals surface area contributed by atoms with Crippen molar-refractivity contribution >= 4 is 39.7 Å². The van der Waals surface area contributed by atoms with E-state index in [9.17, 15) is 4.79 Å². The molecule has 6 aromatic carbocycles. The number of para-hydroxylation sites is 1. The van der Waals surface area contributed by atoms with Crippen molar-refractivity contribution in [3.05, 3.63) is 169 Å². The molecule has 0 aliphatic heterocycles. The Morgan fingerprint density at radius 1 is 0.633 bits per heavy atom. The van der Waals surface area contributed by atoms with Crippen LogP contribution in [0.3, 0.4) is 0 Å². The molecule has 0 radical (unpaired) electrons. The molecule has 1 heterocycles. The van der Waals surface area contributed by atoms with E-state index in [4.69, 9.17) is 25.4 Å². The molecule has 0 saturated heterocycles. The number of esters is 1. The fraction of sp³-hybridized carbons (Fsp3) is 0.0233. The van der Waals surface area contributed by atoms with Crippen LogP contribution in [0.1, 0.15) is 18.1 Å². The Labute approximate surface area is 284 Å². The molecule has 0 spiro atoms. The van der Waals surface area contributed by atoms with Crippen molar-refractivity contribution in [1.82, 2.24) is 9.97 Å². The summed E-state index contributed by atoms with van der Waals surface area (Å²) >= 11 is 0. The molecule has 0 fully saturated rings. The summed E-state index contributed by atoms with van der Waals surface area (Å²) in [4.78, 5) is 27.1. The number of anilines is 1. The van der Waals surface area contributed by atoms with E-state index < -0.39 is 5.97 Å². The first-order chi connectivity index (χ1) is 23.9. The Hall–Kier alpha value is -6.66. The summed E-state index contributed by atoms with van der Waals surface area (Å²) in [7, 11) is 0. The summed E-state index contributed by atoms with van der Waals surface area (Å²) in [6, 6.07) is 49.2. The van der Waals surface area contributed by atoms with Gasteiger partial charge in [-0.3, -0.25) is 4.79 Å². The van der Waals surface area contributed by atoms with Gasteiger partial charge < -0.3 is 10.5 Å². The molecule has 2 N–H and O–H groups in total. The molecule has 6 heteroatoms. The number of nitrogen functional groups attached to an aromatic ring is 1. The first-order valence-electron chi connectivity index (χ1n) is 15.9. The summed E-state index contributed by atoms with van der Waals surface area (Å²) in [6.45, 7) is 5.74. The van der Waals surface area contributed by atoms with E-state index >= 15 is 0 Å². The number of carbonyl (C=O) groups is 1. The van der Waals surface area contributed by atoms with Crippen LogP contribution >= 0.6 is 0 Å². The smallest absolute Gasteiger partial charge is 0.308 e. The van der Waals surface area contributed by atoms with Crippen LogP contribution in [0.5, 0.6) is 5.75 Å². The number of ether oxygens (including phenoxy) is 1. The maximum atomic E-state index is 11.8. The number of allylic oxidation sites excluding steroid dienone is 1. The van der Waals surface area contributed by atoms with Crippen molar-refractivity contribution in [3.8, 4) is 39.4 Å². The Kier molecular flexibility index (Phi) is 8.59. The van der Waals surface area contributed by atoms with Gasteiger partial charge in [0, 0.05) is 34.8 Å². The van der Waals surface area contributed by atoms with E-state index in [0.717, 1.165) is 50.2 Å². The topological polar surface area (TPSA) is 90.5 Å². The molecule has 236 valence electrons. The van der Waals surface area contributed by atoms with Crippen LogP contribution in [0.4, 0.5) is 11.4 Å². The number of hydrogen-bond donors (Lipinski definition) is 1. The molecule has 0 bridgehead atoms. The highest BCUT2D eigenvalue weighted by molar-refractivity contribution is 6.32. The third kappa shape index (κ3) is 6.62. The van der Waals surface area contributed by atoms with Crippen LogP contribution in [-0.4, -0.2) is 21.6 Å². The van der Waals surface area contributed by atoms with Crippen molar-refractivity contribution < 1.29 is 9.53 Å². The molecule has 6 nitrogen and oxygen atoms in total. The molecule has 0 unspecified atom stereocenters. The zero-order valence-electron chi connectivity index (χ0n) is 26.9. The van der Waals surface area contributed by atoms with Crippen LogP contribution in [-0.2, 0) is 4.79 Å². The number of aromatic nitrogens is 2. The van der Waals surface area contributed by atoms with Crippen LogP contribution in [0.2, 0.25) is 0 Å². The third-order valence-electron chi connectivity index (χ3n) is 8.15. The van der Waals surface area contributed by atoms with Gasteiger partial charge in [0.1, 0.15) is 5.75 Å². The standard InChI is InChI=1S/C43H32N4O2/c1-28(35-20-12-13-21-40(35)49-29(2)48)41(30-14-6-3-7-15-30)45-37-24-22-33(26-36(37)44)34-23-25-38-39(27-34)47-43(32-18-10-5-11-19-32)42(46-38)31-16-8-4-9-17-31/h3-27H,1,44H2,2H3/b45-41+. The molecular formula is C43H32N4O2. The third-order valence-corrected chi connectivity index (χ3v) is 8.15. The number of carbonyl (C=O) groups excluding carboxylic acids is 1. The SMILES string of the molecule is C=C(/C(=N\c1ccc(-c2ccc3nc(-c4ccccc4)c(-c4ccccc4)nc3c2)cc1N)c1ccccc1)c1ccccc1OC(C)=O. The van der Waals surface area contributed by atoms with Crippen molar-refractivity contribution in [2.24, 2.45) is 4.99 Å². The summed E-state index contributed by atoms with van der Waals surface area (Å²) in [5.41, 5.74) is 17.6. The van der Waals surface area contributed by atoms with Crippen LogP contribution in [0, 0.1) is 0 Å². The molecular weight excluding hydrogens is 604 g/mol. The summed E-state index contributed by atoms with van der Waals surface area (Å²) in [5, 5.41) is 0. The maximum Gasteiger partial charge on any atom is 0.308 e. The van der Waals surface area contributed by atoms with Crippen LogP contribution in [0.15, 0.2) is 163 Å². The number of fused-ring (bicyclic) bond motifs is 1. The molecule has 0 aliphatic rings. The highest BCUT2D eigenvalue weighted by Gasteiger charge is 2.17. The van der Waals surface area contributed by atoms with Gasteiger partial charge in [-0.1, -0.05) is 128 Å². The van der Waals surface area contributed by atoms with Crippen molar-refractivity contribution in [2.45, 2.75) is 6.92 Å². The highest BCUT2D eigenvalue weighted by Crippen LogP contribution is 2.36. The average Bonchev–Trinajstić information content (AvgIpc) is 3.14. The van der Waals surface area contributed by atoms with Gasteiger partial charge in [-0.05, 0) is 41.5 Å². The van der Waals surface area contributed by atoms with E-state index in [0.29, 0.717) is 34.0 Å². The Balaban J connectivity index is 1.28. The molecule has 0 saturated carbocycles. The van der Waals surface area contributed by atoms with E-state index in [2.05, 4.69) is 30.8 Å². The summed E-state index contributed by atoms with van der Waals surface area (Å²) in [5.74, 6) is 0.00328. The van der Waals surface area contributed by atoms with E-state index in [1.165, 1.54) is 6.92 Å². The molecule has 0 atom stereocenters. The van der Waals surface area contributed by atoms with E-state index in [1.54, 1.807) is 6.07 Å². The second-order valence-electron chi connectivity index (χ2n) is 11.5. The van der Waals surface area contributed by atoms with Gasteiger partial charge in [0.15, 0.2) is 0 Å². The number of benzene rings is 6. The zero-order chi connectivity index (χ0) is 33.7. The normalized spacial score (nSPS) is 11.3. The van der Waals surface area contributed by atoms with E-state index in [1.807, 2.05) is 121 Å². The lowest BCUT2D eigenvalue weighted by Gasteiger charge is -2.15. The van der Waals surface area contributed by atoms with Gasteiger partial charge in [0.2, 0.25) is 0 Å². The predicted octanol–water partition coefficient (Wildman–Crippen LogP) is 9.97. The van der Waals surface area contributed by atoms with Crippen molar-refractivity contribution in [3.63, 3.8) is 0 Å². The Bertz CT molecular complexity index is 2350. The van der Waals surface area contributed by atoms with Gasteiger partial charge in [0.25, 0.3) is 0 Å².